The summed E-state index contributed by atoms with van der Waals surface area (Å²) in [6.45, 7) is 11.3. The monoisotopic (exact) mass is 844 g/mol. The molecular weight excluding hydrogens is 781 g/mol. The highest BCUT2D eigenvalue weighted by atomic mass is 33.7. The van der Waals surface area contributed by atoms with Crippen molar-refractivity contribution in [2.24, 2.45) is 0 Å². The van der Waals surface area contributed by atoms with Gasteiger partial charge >= 0.3 is 26.2 Å². The van der Waals surface area contributed by atoms with E-state index in [4.69, 9.17) is 44.9 Å². The number of ether oxygens (including phenoxy) is 2. The van der Waals surface area contributed by atoms with E-state index in [1.165, 1.54) is 19.7 Å². The predicted molar refractivity (Wildman–Crippen MR) is 213 cm³/mol. The average Bonchev–Trinajstić information content (AvgIpc) is 3.95. The van der Waals surface area contributed by atoms with Crippen LogP contribution < -0.4 is 0 Å². The number of nitrogens with zero attached hydrogens (tertiary/aromatic N) is 2. The van der Waals surface area contributed by atoms with Crippen molar-refractivity contribution in [2.45, 2.75) is 76.7 Å². The molecule has 0 saturated carbocycles. The van der Waals surface area contributed by atoms with E-state index >= 15 is 0 Å². The van der Waals surface area contributed by atoms with Crippen molar-refractivity contribution in [3.8, 4) is 0 Å². The number of carbonyl (C=O) groups is 2. The van der Waals surface area contributed by atoms with Crippen LogP contribution in [0.1, 0.15) is 46.0 Å². The van der Waals surface area contributed by atoms with Crippen molar-refractivity contribution in [3.63, 3.8) is 0 Å². The second-order valence-electron chi connectivity index (χ2n) is 11.3. The van der Waals surface area contributed by atoms with Crippen LogP contribution in [0.5, 0.6) is 0 Å². The Kier molecular flexibility index (Phi) is 30.2. The van der Waals surface area contributed by atoms with Crippen LogP contribution in [0, 0.1) is 0 Å². The first-order valence-corrected chi connectivity index (χ1v) is 28.0. The first-order valence-electron chi connectivity index (χ1n) is 16.8. The van der Waals surface area contributed by atoms with Gasteiger partial charge in [-0.3, -0.25) is 9.59 Å². The number of hydrogen-bond donors (Lipinski definition) is 0. The zero-order valence-corrected chi connectivity index (χ0v) is 38.4. The summed E-state index contributed by atoms with van der Waals surface area (Å²) >= 11 is 0. The van der Waals surface area contributed by atoms with Crippen LogP contribution in [0.25, 0.3) is 0 Å². The van der Waals surface area contributed by atoms with E-state index in [9.17, 15) is 9.59 Å². The predicted octanol–water partition coefficient (Wildman–Crippen LogP) is 7.02. The van der Waals surface area contributed by atoms with Gasteiger partial charge in [-0.1, -0.05) is 0 Å². The topological polar surface area (TPSA) is 136 Å². The van der Waals surface area contributed by atoms with Crippen molar-refractivity contribution in [1.29, 1.82) is 0 Å². The summed E-state index contributed by atoms with van der Waals surface area (Å²) in [6.07, 6.45) is 4.71. The molecular formula is C29H64N2O12S4Si3. The molecule has 0 spiro atoms. The fourth-order valence-corrected chi connectivity index (χ4v) is 15.5. The van der Waals surface area contributed by atoms with Crippen LogP contribution >= 0.6 is 41.2 Å². The lowest BCUT2D eigenvalue weighted by Crippen LogP contribution is -2.42. The Morgan fingerprint density at radius 1 is 0.680 bits per heavy atom. The maximum Gasteiger partial charge on any atom is 0.500 e. The van der Waals surface area contributed by atoms with Crippen molar-refractivity contribution >= 4 is 77.9 Å². The molecule has 1 aliphatic rings. The van der Waals surface area contributed by atoms with E-state index in [1.54, 1.807) is 66.6 Å². The van der Waals surface area contributed by atoms with Crippen LogP contribution in [-0.4, -0.2) is 155 Å². The summed E-state index contributed by atoms with van der Waals surface area (Å²) in [5.41, 5.74) is 0. The SMILES string of the molecule is CCO[Si](C)(CCCOCC1CO1)OCC.CO[Si](CCCCN(C)C(=O)SSSSC(=O)N(C)CCCC[Si](OC)(OC)OC)(OC)OC. The fraction of sp³-hybridized carbons (Fsp3) is 0.931. The molecule has 1 aliphatic heterocycles. The standard InChI is InChI=1S/C18H40N2O8S4Si2.C11H24O4Si/c1-19(13-9-11-15-33(23-3,24-4)25-5)17(21)29-31-32-30-18(22)20(2)14-10-12-16-34(26-6,27-7)28-8;1-4-14-16(3,15-5-2)8-6-7-12-9-11-10-13-11/h9-16H2,1-8H3;11H,4-10H2,1-3H3. The Hall–Kier alpha value is 0.591. The number of unbranched alkanes of at least 4 members (excludes halogenated alkanes) is 2. The summed E-state index contributed by atoms with van der Waals surface area (Å²) < 4.78 is 54.5. The minimum absolute atomic E-state index is 0.0466. The van der Waals surface area contributed by atoms with Crippen LogP contribution in [0.4, 0.5) is 9.59 Å². The molecule has 1 saturated heterocycles. The Morgan fingerprint density at radius 2 is 1.08 bits per heavy atom. The molecule has 0 aromatic carbocycles. The lowest BCUT2D eigenvalue weighted by Gasteiger charge is -2.25. The first-order chi connectivity index (χ1) is 23.9. The van der Waals surface area contributed by atoms with Crippen molar-refractivity contribution in [1.82, 2.24) is 9.80 Å². The van der Waals surface area contributed by atoms with Crippen molar-refractivity contribution in [2.75, 3.05) is 103 Å². The largest absolute Gasteiger partial charge is 0.500 e. The maximum absolute atomic E-state index is 12.3. The number of carbonyl (C=O) groups excluding carboxylic acids is 2. The molecule has 0 aromatic heterocycles. The van der Waals surface area contributed by atoms with Gasteiger partial charge in [-0.2, -0.15) is 0 Å². The lowest BCUT2D eigenvalue weighted by molar-refractivity contribution is 0.113. The average molecular weight is 845 g/mol. The van der Waals surface area contributed by atoms with Gasteiger partial charge in [0.15, 0.2) is 0 Å². The molecule has 1 heterocycles. The van der Waals surface area contributed by atoms with Gasteiger partial charge in [-0.05, 0) is 78.2 Å². The molecule has 298 valence electrons. The Balaban J connectivity index is 0.00000124. The van der Waals surface area contributed by atoms with E-state index in [2.05, 4.69) is 6.55 Å². The van der Waals surface area contributed by atoms with Crippen LogP contribution in [0.2, 0.25) is 24.7 Å². The molecule has 14 nitrogen and oxygen atoms in total. The summed E-state index contributed by atoms with van der Waals surface area (Å²) in [5.74, 6) is 0. The van der Waals surface area contributed by atoms with Gasteiger partial charge in [-0.15, -0.1) is 0 Å². The van der Waals surface area contributed by atoms with Crippen molar-refractivity contribution in [3.05, 3.63) is 0 Å². The zero-order chi connectivity index (χ0) is 37.9. The Bertz CT molecular complexity index is 815. The molecule has 50 heavy (non-hydrogen) atoms. The normalized spacial score (nSPS) is 14.7. The summed E-state index contributed by atoms with van der Waals surface area (Å²) in [7, 11) is 10.9. The van der Waals surface area contributed by atoms with E-state index in [0.29, 0.717) is 31.3 Å². The maximum atomic E-state index is 12.3. The Morgan fingerprint density at radius 3 is 1.42 bits per heavy atom. The molecule has 1 rings (SSSR count). The molecule has 0 bridgehead atoms. The second kappa shape index (κ2) is 29.9. The highest BCUT2D eigenvalue weighted by Crippen LogP contribution is 2.44. The molecule has 0 aliphatic carbocycles. The van der Waals surface area contributed by atoms with Gasteiger partial charge in [0, 0.05) is 123 Å². The third kappa shape index (κ3) is 22.7. The molecule has 0 aromatic rings. The van der Waals surface area contributed by atoms with Gasteiger partial charge < -0.3 is 54.7 Å². The minimum Gasteiger partial charge on any atom is -0.395 e. The quantitative estimate of drug-likeness (QED) is 0.0330. The second-order valence-corrected chi connectivity index (χ2v) is 26.4. The summed E-state index contributed by atoms with van der Waals surface area (Å²) in [6, 6.07) is 2.41. The van der Waals surface area contributed by atoms with E-state index in [-0.39, 0.29) is 10.5 Å². The molecule has 0 N–H and O–H groups in total. The van der Waals surface area contributed by atoms with E-state index in [1.807, 2.05) is 13.8 Å². The van der Waals surface area contributed by atoms with Crippen LogP contribution in [-0.2, 0) is 44.9 Å². The molecule has 21 heteroatoms. The summed E-state index contributed by atoms with van der Waals surface area (Å²) in [4.78, 5) is 27.9. The number of epoxide rings is 1. The molecule has 1 fully saturated rings. The molecule has 1 atom stereocenters. The molecule has 1 unspecified atom stereocenters. The highest BCUT2D eigenvalue weighted by molar-refractivity contribution is 9.28. The first kappa shape index (κ1) is 50.6. The smallest absolute Gasteiger partial charge is 0.395 e. The van der Waals surface area contributed by atoms with Gasteiger partial charge in [0.1, 0.15) is 6.10 Å². The minimum atomic E-state index is -2.56. The molecule has 0 radical (unpaired) electrons. The van der Waals surface area contributed by atoms with E-state index in [0.717, 1.165) is 92.8 Å². The Labute approximate surface area is 320 Å². The number of amides is 2. The highest BCUT2D eigenvalue weighted by Gasteiger charge is 2.37. The van der Waals surface area contributed by atoms with E-state index < -0.39 is 26.2 Å². The van der Waals surface area contributed by atoms with Crippen LogP contribution in [0.15, 0.2) is 0 Å². The zero-order valence-electron chi connectivity index (χ0n) is 32.1. The van der Waals surface area contributed by atoms with Gasteiger partial charge in [0.05, 0.1) is 13.2 Å². The lowest BCUT2D eigenvalue weighted by atomic mass is 10.3. The van der Waals surface area contributed by atoms with Gasteiger partial charge in [-0.25, -0.2) is 0 Å². The van der Waals surface area contributed by atoms with Crippen molar-refractivity contribution < 1.29 is 54.5 Å². The van der Waals surface area contributed by atoms with Gasteiger partial charge in [0.25, 0.3) is 10.5 Å². The molecule has 2 amide bonds. The van der Waals surface area contributed by atoms with Gasteiger partial charge in [0.2, 0.25) is 0 Å². The third-order valence-electron chi connectivity index (χ3n) is 7.71. The fourth-order valence-electron chi connectivity index (χ4n) is 4.56. The third-order valence-corrected chi connectivity index (χ3v) is 22.2. The van der Waals surface area contributed by atoms with Crippen LogP contribution in [0.3, 0.4) is 0 Å². The summed E-state index contributed by atoms with van der Waals surface area (Å²) in [5, 5.41) is -0.0931. The number of hydrogen-bond acceptors (Lipinski definition) is 16. The number of rotatable bonds is 29.